The summed E-state index contributed by atoms with van der Waals surface area (Å²) in [7, 11) is 1.61. The summed E-state index contributed by atoms with van der Waals surface area (Å²) >= 11 is 0. The summed E-state index contributed by atoms with van der Waals surface area (Å²) in [6.45, 7) is 4.82. The van der Waals surface area contributed by atoms with Crippen molar-refractivity contribution in [2.45, 2.75) is 32.6 Å². The predicted octanol–water partition coefficient (Wildman–Crippen LogP) is 2.36. The topological polar surface area (TPSA) is 61.9 Å². The molecule has 0 radical (unpaired) electrons. The molecule has 6 heteroatoms. The van der Waals surface area contributed by atoms with E-state index in [1.54, 1.807) is 31.4 Å². The van der Waals surface area contributed by atoms with E-state index >= 15 is 0 Å². The summed E-state index contributed by atoms with van der Waals surface area (Å²) in [6, 6.07) is 7.21. The normalized spacial score (nSPS) is 14.9. The van der Waals surface area contributed by atoms with Crippen LogP contribution in [0.4, 0.5) is 5.69 Å². The van der Waals surface area contributed by atoms with Crippen molar-refractivity contribution < 1.29 is 14.3 Å². The van der Waals surface area contributed by atoms with E-state index < -0.39 is 0 Å². The molecule has 0 atom stereocenters. The van der Waals surface area contributed by atoms with Gasteiger partial charge in [0.2, 0.25) is 11.8 Å². The van der Waals surface area contributed by atoms with Crippen molar-refractivity contribution in [3.8, 4) is 5.75 Å². The van der Waals surface area contributed by atoms with Gasteiger partial charge in [-0.3, -0.25) is 14.5 Å². The van der Waals surface area contributed by atoms with E-state index in [9.17, 15) is 9.59 Å². The zero-order chi connectivity index (χ0) is 18.1. The van der Waals surface area contributed by atoms with Gasteiger partial charge < -0.3 is 15.0 Å². The quantitative estimate of drug-likeness (QED) is 0.822. The minimum atomic E-state index is -0.115. The molecular formula is C19H29N3O3. The Hall–Kier alpha value is -2.08. The SMILES string of the molecule is CCN(CC(=O)Nc1ccc(OC)cc1)CC(=O)N1CCCCCC1. The van der Waals surface area contributed by atoms with E-state index in [0.29, 0.717) is 13.1 Å². The highest BCUT2D eigenvalue weighted by atomic mass is 16.5. The Kier molecular flexibility index (Phi) is 7.73. The van der Waals surface area contributed by atoms with Gasteiger partial charge in [-0.05, 0) is 43.7 Å². The maximum Gasteiger partial charge on any atom is 0.238 e. The molecule has 6 nitrogen and oxygen atoms in total. The van der Waals surface area contributed by atoms with Gasteiger partial charge in [-0.15, -0.1) is 0 Å². The second-order valence-electron chi connectivity index (χ2n) is 6.37. The van der Waals surface area contributed by atoms with Crippen molar-refractivity contribution in [1.29, 1.82) is 0 Å². The fourth-order valence-electron chi connectivity index (χ4n) is 2.97. The lowest BCUT2D eigenvalue weighted by atomic mass is 10.2. The van der Waals surface area contributed by atoms with Crippen LogP contribution < -0.4 is 10.1 Å². The van der Waals surface area contributed by atoms with Crippen LogP contribution in [0.25, 0.3) is 0 Å². The molecule has 0 unspecified atom stereocenters. The third kappa shape index (κ3) is 6.38. The molecule has 0 spiro atoms. The molecule has 1 fully saturated rings. The van der Waals surface area contributed by atoms with Crippen molar-refractivity contribution in [3.05, 3.63) is 24.3 Å². The number of benzene rings is 1. The van der Waals surface area contributed by atoms with Crippen LogP contribution in [-0.2, 0) is 9.59 Å². The standard InChI is InChI=1S/C19H29N3O3/c1-3-21(15-19(24)22-12-6-4-5-7-13-22)14-18(23)20-16-8-10-17(25-2)11-9-16/h8-11H,3-7,12-15H2,1-2H3,(H,20,23). The number of rotatable bonds is 7. The first-order valence-corrected chi connectivity index (χ1v) is 9.06. The number of carbonyl (C=O) groups excluding carboxylic acids is 2. The van der Waals surface area contributed by atoms with Crippen LogP contribution in [0.15, 0.2) is 24.3 Å². The molecule has 0 bridgehead atoms. The number of nitrogens with zero attached hydrogens (tertiary/aromatic N) is 2. The van der Waals surface area contributed by atoms with Gasteiger partial charge in [0.05, 0.1) is 20.2 Å². The zero-order valence-corrected chi connectivity index (χ0v) is 15.3. The summed E-state index contributed by atoms with van der Waals surface area (Å²) in [5.74, 6) is 0.757. The van der Waals surface area contributed by atoms with Crippen molar-refractivity contribution in [3.63, 3.8) is 0 Å². The fourth-order valence-corrected chi connectivity index (χ4v) is 2.97. The van der Waals surface area contributed by atoms with Crippen LogP contribution in [0.5, 0.6) is 5.75 Å². The van der Waals surface area contributed by atoms with Gasteiger partial charge in [0, 0.05) is 18.8 Å². The molecule has 138 valence electrons. The number of nitrogens with one attached hydrogen (secondary N) is 1. The van der Waals surface area contributed by atoms with Crippen LogP contribution in [0, 0.1) is 0 Å². The molecule has 0 saturated carbocycles. The van der Waals surface area contributed by atoms with Crippen LogP contribution in [0.2, 0.25) is 0 Å². The van der Waals surface area contributed by atoms with Gasteiger partial charge >= 0.3 is 0 Å². The van der Waals surface area contributed by atoms with E-state index in [1.165, 1.54) is 12.8 Å². The second kappa shape index (κ2) is 10.0. The summed E-state index contributed by atoms with van der Waals surface area (Å²) < 4.78 is 5.10. The maximum atomic E-state index is 12.5. The molecular weight excluding hydrogens is 318 g/mol. The Bertz CT molecular complexity index is 552. The Morgan fingerprint density at radius 3 is 2.28 bits per heavy atom. The smallest absolute Gasteiger partial charge is 0.238 e. The van der Waals surface area contributed by atoms with Gasteiger partial charge in [0.25, 0.3) is 0 Å². The average molecular weight is 347 g/mol. The first-order valence-electron chi connectivity index (χ1n) is 9.06. The number of amides is 2. The van der Waals surface area contributed by atoms with Gasteiger partial charge in [-0.25, -0.2) is 0 Å². The summed E-state index contributed by atoms with van der Waals surface area (Å²) in [6.07, 6.45) is 4.56. The lowest BCUT2D eigenvalue weighted by molar-refractivity contribution is -0.132. The van der Waals surface area contributed by atoms with E-state index in [2.05, 4.69) is 5.32 Å². The first kappa shape index (κ1) is 19.2. The van der Waals surface area contributed by atoms with Crippen molar-refractivity contribution in [2.24, 2.45) is 0 Å². The third-order valence-corrected chi connectivity index (χ3v) is 4.51. The molecule has 1 aliphatic rings. The van der Waals surface area contributed by atoms with E-state index in [1.807, 2.05) is 16.7 Å². The lowest BCUT2D eigenvalue weighted by Gasteiger charge is -2.25. The number of ether oxygens (including phenoxy) is 1. The van der Waals surface area contributed by atoms with Crippen LogP contribution in [-0.4, -0.2) is 61.4 Å². The van der Waals surface area contributed by atoms with E-state index in [-0.39, 0.29) is 18.4 Å². The number of methoxy groups -OCH3 is 1. The molecule has 1 saturated heterocycles. The first-order chi connectivity index (χ1) is 12.1. The number of anilines is 1. The lowest BCUT2D eigenvalue weighted by Crippen LogP contribution is -2.43. The predicted molar refractivity (Wildman–Crippen MR) is 98.8 cm³/mol. The molecule has 1 N–H and O–H groups in total. The maximum absolute atomic E-state index is 12.5. The summed E-state index contributed by atoms with van der Waals surface area (Å²) in [5, 5.41) is 2.86. The Labute approximate surface area is 150 Å². The molecule has 1 aromatic carbocycles. The van der Waals surface area contributed by atoms with Gasteiger partial charge in [0.15, 0.2) is 0 Å². The van der Waals surface area contributed by atoms with Gasteiger partial charge in [0.1, 0.15) is 5.75 Å². The van der Waals surface area contributed by atoms with E-state index in [4.69, 9.17) is 4.74 Å². The highest BCUT2D eigenvalue weighted by molar-refractivity contribution is 5.92. The second-order valence-corrected chi connectivity index (χ2v) is 6.37. The number of likely N-dealkylation sites (N-methyl/N-ethyl adjacent to an activating group) is 1. The molecule has 0 aromatic heterocycles. The fraction of sp³-hybridized carbons (Fsp3) is 0.579. The number of carbonyl (C=O) groups is 2. The minimum absolute atomic E-state index is 0.115. The number of hydrogen-bond acceptors (Lipinski definition) is 4. The Balaban J connectivity index is 1.82. The molecule has 1 heterocycles. The summed E-state index contributed by atoms with van der Waals surface area (Å²) in [5.41, 5.74) is 0.723. The van der Waals surface area contributed by atoms with Crippen molar-refractivity contribution >= 4 is 17.5 Å². The average Bonchev–Trinajstić information content (AvgIpc) is 2.91. The van der Waals surface area contributed by atoms with Crippen LogP contribution in [0.1, 0.15) is 32.6 Å². The Morgan fingerprint density at radius 1 is 1.08 bits per heavy atom. The third-order valence-electron chi connectivity index (χ3n) is 4.51. The van der Waals surface area contributed by atoms with Crippen molar-refractivity contribution in [2.75, 3.05) is 45.2 Å². The van der Waals surface area contributed by atoms with Gasteiger partial charge in [-0.1, -0.05) is 19.8 Å². The number of hydrogen-bond donors (Lipinski definition) is 1. The van der Waals surface area contributed by atoms with E-state index in [0.717, 1.165) is 37.4 Å². The highest BCUT2D eigenvalue weighted by Crippen LogP contribution is 2.15. The van der Waals surface area contributed by atoms with Gasteiger partial charge in [-0.2, -0.15) is 0 Å². The van der Waals surface area contributed by atoms with Crippen LogP contribution in [0.3, 0.4) is 0 Å². The number of likely N-dealkylation sites (tertiary alicyclic amines) is 1. The molecule has 2 amide bonds. The summed E-state index contributed by atoms with van der Waals surface area (Å²) in [4.78, 5) is 28.5. The monoisotopic (exact) mass is 347 g/mol. The molecule has 1 aliphatic heterocycles. The minimum Gasteiger partial charge on any atom is -0.497 e. The highest BCUT2D eigenvalue weighted by Gasteiger charge is 2.19. The molecule has 0 aliphatic carbocycles. The largest absolute Gasteiger partial charge is 0.497 e. The molecule has 25 heavy (non-hydrogen) atoms. The molecule has 1 aromatic rings. The van der Waals surface area contributed by atoms with Crippen LogP contribution >= 0.6 is 0 Å². The Morgan fingerprint density at radius 2 is 1.72 bits per heavy atom. The van der Waals surface area contributed by atoms with Crippen molar-refractivity contribution in [1.82, 2.24) is 9.80 Å². The molecule has 2 rings (SSSR count). The zero-order valence-electron chi connectivity index (χ0n) is 15.3.